The number of rotatable bonds is 10. The van der Waals surface area contributed by atoms with Gasteiger partial charge >= 0.3 is 0 Å². The van der Waals surface area contributed by atoms with Crippen molar-refractivity contribution in [3.05, 3.63) is 89.5 Å². The molecule has 3 aromatic rings. The monoisotopic (exact) mass is 515 g/mol. The van der Waals surface area contributed by atoms with E-state index in [2.05, 4.69) is 5.32 Å². The molecule has 6 nitrogen and oxygen atoms in total. The molecule has 0 fully saturated rings. The van der Waals surface area contributed by atoms with Gasteiger partial charge in [0.1, 0.15) is 11.6 Å². The van der Waals surface area contributed by atoms with Crippen LogP contribution in [0, 0.1) is 17.6 Å². The molecular weight excluding hydrogens is 484 g/mol. The Morgan fingerprint density at radius 1 is 0.889 bits per heavy atom. The van der Waals surface area contributed by atoms with Crippen LogP contribution in [0.1, 0.15) is 31.4 Å². The number of anilines is 2. The van der Waals surface area contributed by atoms with Crippen LogP contribution in [0.2, 0.25) is 0 Å². The van der Waals surface area contributed by atoms with Crippen LogP contribution in [0.5, 0.6) is 0 Å². The number of carbonyl (C=O) groups excluding carboxylic acids is 1. The number of halogens is 2. The molecule has 1 N–H and O–H groups in total. The average molecular weight is 516 g/mol. The Morgan fingerprint density at radius 2 is 1.47 bits per heavy atom. The van der Waals surface area contributed by atoms with E-state index in [1.54, 1.807) is 12.1 Å². The Balaban J connectivity index is 2.02. The Labute approximate surface area is 211 Å². The minimum Gasteiger partial charge on any atom is -0.377 e. The third kappa shape index (κ3) is 7.11. The van der Waals surface area contributed by atoms with E-state index >= 15 is 0 Å². The zero-order valence-electron chi connectivity index (χ0n) is 20.8. The van der Waals surface area contributed by atoms with Crippen LogP contribution in [0.4, 0.5) is 20.2 Å². The molecule has 0 atom stereocenters. The molecule has 192 valence electrons. The molecule has 0 aliphatic carbocycles. The second-order valence-corrected chi connectivity index (χ2v) is 11.2. The lowest BCUT2D eigenvalue weighted by Crippen LogP contribution is -2.31. The summed E-state index contributed by atoms with van der Waals surface area (Å²) in [6.45, 7) is 3.84. The summed E-state index contributed by atoms with van der Waals surface area (Å²) >= 11 is 0. The van der Waals surface area contributed by atoms with Crippen molar-refractivity contribution in [2.24, 2.45) is 5.92 Å². The fraction of sp³-hybridized carbons (Fsp3) is 0.296. The highest BCUT2D eigenvalue weighted by Crippen LogP contribution is 2.28. The molecule has 0 spiro atoms. The Kier molecular flexibility index (Phi) is 8.81. The van der Waals surface area contributed by atoms with Crippen LogP contribution in [-0.4, -0.2) is 32.7 Å². The summed E-state index contributed by atoms with van der Waals surface area (Å²) < 4.78 is 55.5. The highest BCUT2D eigenvalue weighted by Gasteiger charge is 2.26. The van der Waals surface area contributed by atoms with E-state index in [1.165, 1.54) is 40.7 Å². The molecule has 0 saturated heterocycles. The molecule has 1 amide bonds. The first-order valence-electron chi connectivity index (χ1n) is 11.6. The second kappa shape index (κ2) is 11.6. The summed E-state index contributed by atoms with van der Waals surface area (Å²) in [6.07, 6.45) is 0.362. The van der Waals surface area contributed by atoms with Crippen molar-refractivity contribution in [2.45, 2.75) is 38.3 Å². The SMILES string of the molecule is CC(C)CC(=O)Nc1ccc(N(C)C)c(CN(Cc2ccc(F)cc2)S(=O)(=O)c2ccc(F)cc2)c1. The van der Waals surface area contributed by atoms with E-state index in [-0.39, 0.29) is 29.8 Å². The van der Waals surface area contributed by atoms with Gasteiger partial charge in [0.2, 0.25) is 15.9 Å². The predicted octanol–water partition coefficient (Wildman–Crippen LogP) is 5.41. The van der Waals surface area contributed by atoms with Gasteiger partial charge in [0.05, 0.1) is 4.90 Å². The van der Waals surface area contributed by atoms with Gasteiger partial charge in [0.25, 0.3) is 0 Å². The van der Waals surface area contributed by atoms with E-state index in [0.29, 0.717) is 23.2 Å². The summed E-state index contributed by atoms with van der Waals surface area (Å²) in [5.74, 6) is -0.904. The first-order chi connectivity index (χ1) is 17.0. The van der Waals surface area contributed by atoms with Crippen molar-refractivity contribution in [1.82, 2.24) is 4.31 Å². The molecule has 0 heterocycles. The molecule has 0 aromatic heterocycles. The van der Waals surface area contributed by atoms with Crippen LogP contribution < -0.4 is 10.2 Å². The van der Waals surface area contributed by atoms with Gasteiger partial charge in [0.15, 0.2) is 0 Å². The molecule has 0 aliphatic rings. The number of hydrogen-bond acceptors (Lipinski definition) is 4. The van der Waals surface area contributed by atoms with E-state index in [9.17, 15) is 22.0 Å². The van der Waals surface area contributed by atoms with Crippen LogP contribution in [0.3, 0.4) is 0 Å². The van der Waals surface area contributed by atoms with Gasteiger partial charge in [-0.05, 0) is 71.6 Å². The maximum atomic E-state index is 13.6. The first kappa shape index (κ1) is 27.3. The number of nitrogens with zero attached hydrogens (tertiary/aromatic N) is 2. The standard InChI is InChI=1S/C27H31F2N3O3S/c1-19(2)15-27(33)30-24-11-14-26(31(3)4)21(16-24)18-32(17-20-5-7-22(28)8-6-20)36(34,35)25-12-9-23(29)10-13-25/h5-14,16,19H,15,17-18H2,1-4H3,(H,30,33). The molecule has 0 aliphatic heterocycles. The predicted molar refractivity (Wildman–Crippen MR) is 138 cm³/mol. The molecule has 0 unspecified atom stereocenters. The number of amides is 1. The molecule has 3 rings (SSSR count). The van der Waals surface area contributed by atoms with Gasteiger partial charge in [-0.1, -0.05) is 26.0 Å². The highest BCUT2D eigenvalue weighted by molar-refractivity contribution is 7.89. The van der Waals surface area contributed by atoms with Crippen LogP contribution in [0.25, 0.3) is 0 Å². The molecular formula is C27H31F2N3O3S. The number of carbonyl (C=O) groups is 1. The normalized spacial score (nSPS) is 11.7. The maximum Gasteiger partial charge on any atom is 0.243 e. The summed E-state index contributed by atoms with van der Waals surface area (Å²) in [6, 6.07) is 15.6. The quantitative estimate of drug-likeness (QED) is 0.392. The number of sulfonamides is 1. The van der Waals surface area contributed by atoms with Gasteiger partial charge in [-0.3, -0.25) is 4.79 Å². The Hall–Kier alpha value is -3.30. The highest BCUT2D eigenvalue weighted by atomic mass is 32.2. The van der Waals surface area contributed by atoms with Crippen molar-refractivity contribution in [1.29, 1.82) is 0 Å². The zero-order valence-corrected chi connectivity index (χ0v) is 21.6. The third-order valence-electron chi connectivity index (χ3n) is 5.51. The van der Waals surface area contributed by atoms with E-state index in [1.807, 2.05) is 38.9 Å². The Morgan fingerprint density at radius 3 is 2.03 bits per heavy atom. The Bertz CT molecular complexity index is 1290. The topological polar surface area (TPSA) is 69.7 Å². The molecule has 9 heteroatoms. The van der Waals surface area contributed by atoms with Crippen molar-refractivity contribution < 1.29 is 22.0 Å². The van der Waals surface area contributed by atoms with Gasteiger partial charge in [0, 0.05) is 45.0 Å². The summed E-state index contributed by atoms with van der Waals surface area (Å²) in [5.41, 5.74) is 2.59. The molecule has 0 radical (unpaired) electrons. The second-order valence-electron chi connectivity index (χ2n) is 9.24. The van der Waals surface area contributed by atoms with Crippen LogP contribution in [0.15, 0.2) is 71.6 Å². The third-order valence-corrected chi connectivity index (χ3v) is 7.31. The van der Waals surface area contributed by atoms with Crippen LogP contribution >= 0.6 is 0 Å². The van der Waals surface area contributed by atoms with Crippen molar-refractivity contribution in [3.8, 4) is 0 Å². The lowest BCUT2D eigenvalue weighted by molar-refractivity contribution is -0.116. The van der Waals surface area contributed by atoms with E-state index in [0.717, 1.165) is 17.8 Å². The molecule has 3 aromatic carbocycles. The molecule has 36 heavy (non-hydrogen) atoms. The summed E-state index contributed by atoms with van der Waals surface area (Å²) in [4.78, 5) is 14.1. The number of benzene rings is 3. The average Bonchev–Trinajstić information content (AvgIpc) is 2.79. The minimum absolute atomic E-state index is 0.0293. The van der Waals surface area contributed by atoms with E-state index in [4.69, 9.17) is 0 Å². The lowest BCUT2D eigenvalue weighted by Gasteiger charge is -2.26. The van der Waals surface area contributed by atoms with Gasteiger partial charge in [-0.25, -0.2) is 17.2 Å². The van der Waals surface area contributed by atoms with Crippen molar-refractivity contribution >= 4 is 27.3 Å². The van der Waals surface area contributed by atoms with Crippen LogP contribution in [-0.2, 0) is 27.9 Å². The molecule has 0 bridgehead atoms. The van der Waals surface area contributed by atoms with Crippen molar-refractivity contribution in [2.75, 3.05) is 24.3 Å². The lowest BCUT2D eigenvalue weighted by atomic mass is 10.1. The fourth-order valence-corrected chi connectivity index (χ4v) is 5.18. The van der Waals surface area contributed by atoms with Crippen molar-refractivity contribution in [3.63, 3.8) is 0 Å². The fourth-order valence-electron chi connectivity index (χ4n) is 3.77. The summed E-state index contributed by atoms with van der Waals surface area (Å²) in [5, 5.41) is 2.88. The van der Waals surface area contributed by atoms with E-state index < -0.39 is 21.7 Å². The van der Waals surface area contributed by atoms with Gasteiger partial charge in [-0.2, -0.15) is 4.31 Å². The first-order valence-corrected chi connectivity index (χ1v) is 13.0. The van der Waals surface area contributed by atoms with Gasteiger partial charge < -0.3 is 10.2 Å². The number of nitrogens with one attached hydrogen (secondary N) is 1. The largest absolute Gasteiger partial charge is 0.377 e. The van der Waals surface area contributed by atoms with Gasteiger partial charge in [-0.15, -0.1) is 0 Å². The zero-order chi connectivity index (χ0) is 26.5. The summed E-state index contributed by atoms with van der Waals surface area (Å²) in [7, 11) is -0.368. The molecule has 0 saturated carbocycles. The maximum absolute atomic E-state index is 13.6. The smallest absolute Gasteiger partial charge is 0.243 e. The minimum atomic E-state index is -4.05. The number of hydrogen-bond donors (Lipinski definition) is 1.